The Kier molecular flexibility index (Phi) is 3.07. The van der Waals surface area contributed by atoms with Crippen LogP contribution >= 0.6 is 0 Å². The molecule has 0 radical (unpaired) electrons. The van der Waals surface area contributed by atoms with Crippen molar-refractivity contribution in [3.8, 4) is 0 Å². The highest BCUT2D eigenvalue weighted by Crippen LogP contribution is 2.28. The molecule has 94 valence electrons. The number of aliphatic hydroxyl groups is 3. The predicted octanol–water partition coefficient (Wildman–Crippen LogP) is -3.01. The van der Waals surface area contributed by atoms with Gasteiger partial charge in [-0.15, -0.1) is 5.10 Å². The minimum absolute atomic E-state index is 0.220. The fourth-order valence-corrected chi connectivity index (χ4v) is 1.61. The first-order chi connectivity index (χ1) is 8.04. The first-order valence-electron chi connectivity index (χ1n) is 4.88. The Hall–Kier alpha value is -1.55. The van der Waals surface area contributed by atoms with Gasteiger partial charge in [0.1, 0.15) is 24.6 Å². The largest absolute Gasteiger partial charge is 0.394 e. The zero-order valence-electron chi connectivity index (χ0n) is 8.67. The number of primary amides is 1. The lowest BCUT2D eigenvalue weighted by atomic mass is 10.1. The quantitative estimate of drug-likeness (QED) is 0.443. The van der Waals surface area contributed by atoms with Crippen molar-refractivity contribution >= 4 is 5.91 Å². The maximum absolute atomic E-state index is 10.8. The molecule has 2 rings (SSSR count). The number of nitrogens with two attached hydrogens (primary N) is 1. The first-order valence-corrected chi connectivity index (χ1v) is 4.88. The number of rotatable bonds is 3. The molecule has 1 aromatic rings. The fourth-order valence-electron chi connectivity index (χ4n) is 1.61. The average Bonchev–Trinajstić information content (AvgIpc) is 2.87. The van der Waals surface area contributed by atoms with Gasteiger partial charge < -0.3 is 25.8 Å². The normalized spacial score (nSPS) is 32.9. The molecule has 1 fully saturated rings. The van der Waals surface area contributed by atoms with E-state index >= 15 is 0 Å². The third-order valence-corrected chi connectivity index (χ3v) is 2.51. The molecule has 2 heterocycles. The maximum Gasteiger partial charge on any atom is 0.288 e. The lowest BCUT2D eigenvalue weighted by Gasteiger charge is -2.13. The first kappa shape index (κ1) is 11.9. The van der Waals surface area contributed by atoms with Gasteiger partial charge in [-0.2, -0.15) is 0 Å². The smallest absolute Gasteiger partial charge is 0.288 e. The summed E-state index contributed by atoms with van der Waals surface area (Å²) in [5, 5.41) is 31.8. The van der Waals surface area contributed by atoms with Crippen molar-refractivity contribution in [3.05, 3.63) is 12.2 Å². The summed E-state index contributed by atoms with van der Waals surface area (Å²) in [7, 11) is 0. The summed E-state index contributed by atoms with van der Waals surface area (Å²) in [5.74, 6) is -1.03. The molecule has 5 N–H and O–H groups in total. The summed E-state index contributed by atoms with van der Waals surface area (Å²) in [6.07, 6.45) is -3.26. The monoisotopic (exact) mass is 244 g/mol. The molecule has 0 saturated carbocycles. The average molecular weight is 244 g/mol. The van der Waals surface area contributed by atoms with Gasteiger partial charge in [-0.1, -0.05) is 0 Å². The van der Waals surface area contributed by atoms with Crippen molar-refractivity contribution in [2.45, 2.75) is 24.5 Å². The van der Waals surface area contributed by atoms with Crippen molar-refractivity contribution in [1.82, 2.24) is 14.8 Å². The topological polar surface area (TPSA) is 144 Å². The van der Waals surface area contributed by atoms with Crippen LogP contribution in [0.15, 0.2) is 6.33 Å². The van der Waals surface area contributed by atoms with Gasteiger partial charge >= 0.3 is 0 Å². The molecule has 1 aliphatic rings. The van der Waals surface area contributed by atoms with Gasteiger partial charge in [0, 0.05) is 0 Å². The van der Waals surface area contributed by atoms with Crippen molar-refractivity contribution < 1.29 is 24.9 Å². The lowest BCUT2D eigenvalue weighted by molar-refractivity contribution is -0.0588. The summed E-state index contributed by atoms with van der Waals surface area (Å²) in [6, 6.07) is 0. The Bertz CT molecular complexity index is 422. The number of amides is 1. The van der Waals surface area contributed by atoms with Crippen LogP contribution in [-0.2, 0) is 4.74 Å². The Morgan fingerprint density at radius 2 is 2.24 bits per heavy atom. The molecular weight excluding hydrogens is 232 g/mol. The van der Waals surface area contributed by atoms with Crippen LogP contribution in [0.3, 0.4) is 0 Å². The Balaban J connectivity index is 2.19. The Morgan fingerprint density at radius 1 is 1.53 bits per heavy atom. The van der Waals surface area contributed by atoms with E-state index in [1.165, 1.54) is 0 Å². The predicted molar refractivity (Wildman–Crippen MR) is 51.5 cm³/mol. The number of carbonyl (C=O) groups is 1. The van der Waals surface area contributed by atoms with Gasteiger partial charge in [0.2, 0.25) is 5.82 Å². The van der Waals surface area contributed by atoms with Crippen molar-refractivity contribution in [2.75, 3.05) is 6.61 Å². The van der Waals surface area contributed by atoms with Gasteiger partial charge in [0.25, 0.3) is 5.91 Å². The highest BCUT2D eigenvalue weighted by molar-refractivity contribution is 5.88. The van der Waals surface area contributed by atoms with Crippen LogP contribution in [-0.4, -0.2) is 60.9 Å². The highest BCUT2D eigenvalue weighted by Gasteiger charge is 2.43. The minimum Gasteiger partial charge on any atom is -0.394 e. The Labute approximate surface area is 95.4 Å². The van der Waals surface area contributed by atoms with Gasteiger partial charge in [0.05, 0.1) is 6.61 Å². The highest BCUT2D eigenvalue weighted by atomic mass is 16.6. The van der Waals surface area contributed by atoms with Gasteiger partial charge in [-0.05, 0) is 0 Å². The SMILES string of the molecule is NC(=O)c1ncn([C@@H]2O[C@@H](CO)[C@@H](O)[C@@H]2O)n1. The molecule has 1 aliphatic heterocycles. The van der Waals surface area contributed by atoms with E-state index in [1.54, 1.807) is 0 Å². The lowest BCUT2D eigenvalue weighted by Crippen LogP contribution is -2.33. The molecule has 1 amide bonds. The second kappa shape index (κ2) is 4.37. The molecule has 17 heavy (non-hydrogen) atoms. The minimum atomic E-state index is -1.27. The van der Waals surface area contributed by atoms with Crippen LogP contribution in [0, 0.1) is 0 Å². The maximum atomic E-state index is 10.8. The summed E-state index contributed by atoms with van der Waals surface area (Å²) < 4.78 is 6.25. The second-order valence-electron chi connectivity index (χ2n) is 3.64. The number of aliphatic hydroxyl groups excluding tert-OH is 3. The van der Waals surface area contributed by atoms with E-state index in [-0.39, 0.29) is 5.82 Å². The van der Waals surface area contributed by atoms with E-state index in [1.807, 2.05) is 0 Å². The Morgan fingerprint density at radius 3 is 2.71 bits per heavy atom. The van der Waals surface area contributed by atoms with Crippen LogP contribution in [0.2, 0.25) is 0 Å². The van der Waals surface area contributed by atoms with Crippen molar-refractivity contribution in [3.63, 3.8) is 0 Å². The number of hydrogen-bond acceptors (Lipinski definition) is 7. The molecule has 4 atom stereocenters. The third-order valence-electron chi connectivity index (χ3n) is 2.51. The van der Waals surface area contributed by atoms with Crippen LogP contribution in [0.5, 0.6) is 0 Å². The number of ether oxygens (including phenoxy) is 1. The van der Waals surface area contributed by atoms with E-state index in [0.29, 0.717) is 0 Å². The third kappa shape index (κ3) is 2.00. The molecule has 0 aliphatic carbocycles. The van der Waals surface area contributed by atoms with Crippen LogP contribution in [0.4, 0.5) is 0 Å². The van der Waals surface area contributed by atoms with Crippen molar-refractivity contribution in [1.29, 1.82) is 0 Å². The summed E-state index contributed by atoms with van der Waals surface area (Å²) in [4.78, 5) is 14.4. The van der Waals surface area contributed by atoms with E-state index in [2.05, 4.69) is 10.1 Å². The van der Waals surface area contributed by atoms with Crippen LogP contribution in [0.1, 0.15) is 16.8 Å². The number of carbonyl (C=O) groups excluding carboxylic acids is 1. The number of nitrogens with zero attached hydrogens (tertiary/aromatic N) is 3. The fraction of sp³-hybridized carbons (Fsp3) is 0.625. The van der Waals surface area contributed by atoms with E-state index < -0.39 is 37.1 Å². The number of hydrogen-bond donors (Lipinski definition) is 4. The molecular formula is C8H12N4O5. The summed E-state index contributed by atoms with van der Waals surface area (Å²) in [5.41, 5.74) is 4.97. The van der Waals surface area contributed by atoms with Crippen molar-refractivity contribution in [2.24, 2.45) is 5.73 Å². The zero-order chi connectivity index (χ0) is 12.6. The summed E-state index contributed by atoms with van der Waals surface area (Å²) in [6.45, 7) is -0.438. The molecule has 0 unspecified atom stereocenters. The molecule has 1 aromatic heterocycles. The second-order valence-corrected chi connectivity index (χ2v) is 3.64. The van der Waals surface area contributed by atoms with E-state index in [4.69, 9.17) is 15.6 Å². The molecule has 0 spiro atoms. The van der Waals surface area contributed by atoms with Crippen LogP contribution < -0.4 is 5.73 Å². The zero-order valence-corrected chi connectivity index (χ0v) is 8.67. The molecule has 1 saturated heterocycles. The molecule has 0 bridgehead atoms. The summed E-state index contributed by atoms with van der Waals surface area (Å²) >= 11 is 0. The standard InChI is InChI=1S/C8H12N4O5/c9-6(16)7-10-2-12(11-7)8-5(15)4(14)3(1-13)17-8/h2-5,8,13-15H,1H2,(H2,9,16)/t3-,4+,5-,8+/m0/s1. The molecule has 9 heteroatoms. The van der Waals surface area contributed by atoms with E-state index in [9.17, 15) is 15.0 Å². The number of aromatic nitrogens is 3. The molecule has 0 aromatic carbocycles. The van der Waals surface area contributed by atoms with E-state index in [0.717, 1.165) is 11.0 Å². The van der Waals surface area contributed by atoms with Gasteiger partial charge in [-0.3, -0.25) is 4.79 Å². The van der Waals surface area contributed by atoms with Crippen LogP contribution in [0.25, 0.3) is 0 Å². The van der Waals surface area contributed by atoms with Gasteiger partial charge in [0.15, 0.2) is 6.23 Å². The molecule has 9 nitrogen and oxygen atoms in total. The van der Waals surface area contributed by atoms with Gasteiger partial charge in [-0.25, -0.2) is 9.67 Å².